The van der Waals surface area contributed by atoms with Gasteiger partial charge in [0.05, 0.1) is 11.8 Å². The molecule has 37 heavy (non-hydrogen) atoms. The van der Waals surface area contributed by atoms with Crippen LogP contribution in [0.5, 0.6) is 0 Å². The second kappa shape index (κ2) is 13.7. The van der Waals surface area contributed by atoms with Gasteiger partial charge >= 0.3 is 0 Å². The van der Waals surface area contributed by atoms with Crippen molar-refractivity contribution in [2.24, 2.45) is 23.7 Å². The molecule has 204 valence electrons. The molecule has 0 N–H and O–H groups in total. The topological polar surface area (TPSA) is 55.8 Å². The van der Waals surface area contributed by atoms with Crippen molar-refractivity contribution in [3.05, 3.63) is 61.9 Å². The normalized spacial score (nSPS) is 21.0. The maximum atomic E-state index is 12.9. The largest absolute Gasteiger partial charge is 0.385 e. The third-order valence-electron chi connectivity index (χ3n) is 8.87. The zero-order valence-corrected chi connectivity index (χ0v) is 23.3. The molecule has 2 aromatic carbocycles. The fourth-order valence-corrected chi connectivity index (χ4v) is 6.68. The van der Waals surface area contributed by atoms with Crippen LogP contribution in [-0.4, -0.2) is 33.4 Å². The first-order valence-electron chi connectivity index (χ1n) is 14.7. The van der Waals surface area contributed by atoms with Crippen molar-refractivity contribution < 1.29 is 9.47 Å². The number of piperidine rings is 1. The van der Waals surface area contributed by atoms with Crippen LogP contribution in [-0.2, 0) is 15.9 Å². The Labute approximate surface area is 223 Å². The Hall–Kier alpha value is -1.98. The van der Waals surface area contributed by atoms with E-state index in [1.165, 1.54) is 44.1 Å². The van der Waals surface area contributed by atoms with Gasteiger partial charge in [-0.05, 0) is 55.4 Å². The number of methoxy groups -OCH3 is 1. The molecule has 0 amide bonds. The van der Waals surface area contributed by atoms with Crippen molar-refractivity contribution in [1.29, 1.82) is 0 Å². The van der Waals surface area contributed by atoms with Crippen LogP contribution in [0.25, 0.3) is 0 Å². The number of ether oxygens (including phenoxy) is 2. The quantitative estimate of drug-likeness (QED) is 0.242. The van der Waals surface area contributed by atoms with Crippen molar-refractivity contribution >= 4 is 5.69 Å². The number of hydrogen-bond donors (Lipinski definition) is 0. The molecule has 0 radical (unpaired) electrons. The average molecular weight is 510 g/mol. The van der Waals surface area contributed by atoms with Gasteiger partial charge < -0.3 is 14.4 Å². The molecule has 1 aliphatic heterocycles. The van der Waals surface area contributed by atoms with Gasteiger partial charge in [-0.15, -0.1) is 0 Å². The summed E-state index contributed by atoms with van der Waals surface area (Å²) in [5.74, 6) is 2.03. The Morgan fingerprint density at radius 2 is 1.70 bits per heavy atom. The first-order valence-corrected chi connectivity index (χ1v) is 14.7. The Kier molecular flexibility index (Phi) is 10.4. The molecular formula is C32H47NO4. The summed E-state index contributed by atoms with van der Waals surface area (Å²) in [4.78, 5) is 28.0. The van der Waals surface area contributed by atoms with Gasteiger partial charge in [-0.1, -0.05) is 76.3 Å². The van der Waals surface area contributed by atoms with Gasteiger partial charge in [0.2, 0.25) is 10.9 Å². The Balaban J connectivity index is 1.48. The highest BCUT2D eigenvalue weighted by Gasteiger charge is 2.35. The van der Waals surface area contributed by atoms with Gasteiger partial charge in [0.25, 0.3) is 0 Å². The van der Waals surface area contributed by atoms with Crippen LogP contribution >= 0.6 is 0 Å². The summed E-state index contributed by atoms with van der Waals surface area (Å²) < 4.78 is 11.6. The second-order valence-electron chi connectivity index (χ2n) is 11.8. The molecule has 4 rings (SSSR count). The van der Waals surface area contributed by atoms with E-state index < -0.39 is 0 Å². The van der Waals surface area contributed by atoms with Gasteiger partial charge in [-0.2, -0.15) is 0 Å². The highest BCUT2D eigenvalue weighted by atomic mass is 16.5. The number of anilines is 1. The van der Waals surface area contributed by atoms with E-state index in [2.05, 4.69) is 43.0 Å². The lowest BCUT2D eigenvalue weighted by Crippen LogP contribution is -2.48. The smallest absolute Gasteiger partial charge is 0.249 e. The molecule has 1 saturated heterocycles. The zero-order valence-electron chi connectivity index (χ0n) is 23.3. The molecule has 1 aliphatic carbocycles. The monoisotopic (exact) mass is 509 g/mol. The van der Waals surface area contributed by atoms with Crippen molar-refractivity contribution in [2.45, 2.75) is 84.2 Å². The third-order valence-corrected chi connectivity index (χ3v) is 8.87. The summed E-state index contributed by atoms with van der Waals surface area (Å²) >= 11 is 0. The minimum Gasteiger partial charge on any atom is -0.385 e. The van der Waals surface area contributed by atoms with Gasteiger partial charge in [0.1, 0.15) is 0 Å². The lowest BCUT2D eigenvalue weighted by Gasteiger charge is -2.39. The molecule has 2 fully saturated rings. The Bertz CT molecular complexity index is 1020. The first kappa shape index (κ1) is 28.0. The van der Waals surface area contributed by atoms with Crippen molar-refractivity contribution in [3.8, 4) is 0 Å². The highest BCUT2D eigenvalue weighted by Crippen LogP contribution is 2.37. The molecule has 0 bridgehead atoms. The molecule has 5 nitrogen and oxygen atoms in total. The first-order chi connectivity index (χ1) is 18.0. The number of hydrogen-bond acceptors (Lipinski definition) is 5. The molecule has 1 saturated carbocycles. The molecule has 2 unspecified atom stereocenters. The average Bonchev–Trinajstić information content (AvgIpc) is 2.93. The van der Waals surface area contributed by atoms with E-state index in [9.17, 15) is 9.59 Å². The van der Waals surface area contributed by atoms with Crippen molar-refractivity contribution in [1.82, 2.24) is 0 Å². The Morgan fingerprint density at radius 1 is 0.946 bits per heavy atom. The van der Waals surface area contributed by atoms with Gasteiger partial charge in [-0.25, -0.2) is 0 Å². The van der Waals surface area contributed by atoms with Crippen LogP contribution in [0.2, 0.25) is 0 Å². The number of nitrogens with zero attached hydrogens (tertiary/aromatic N) is 1. The molecular weight excluding hydrogens is 462 g/mol. The van der Waals surface area contributed by atoms with E-state index in [1.807, 2.05) is 6.07 Å². The van der Waals surface area contributed by atoms with Gasteiger partial charge in [0, 0.05) is 44.9 Å². The molecule has 0 spiro atoms. The molecule has 2 aliphatic rings. The standard InChI is InChI=1S/C32H47NO4/c1-23(2)27(20-24-12-6-4-7-13-24)21-28-29(31(35)30(28)34)33-17-10-16-26(22-33)32(37-19-11-18-36-3)25-14-8-5-9-15-25/h5,8-9,14-15,23-24,26-27,32H,4,6-7,10-13,16-22H2,1-3H3/t26?,27-,32?/m1/s1. The Morgan fingerprint density at radius 3 is 2.41 bits per heavy atom. The van der Waals surface area contributed by atoms with Crippen LogP contribution in [0.3, 0.4) is 0 Å². The van der Waals surface area contributed by atoms with Crippen LogP contribution in [0, 0.1) is 23.7 Å². The van der Waals surface area contributed by atoms with Gasteiger partial charge in [0.15, 0.2) is 0 Å². The van der Waals surface area contributed by atoms with Crippen LogP contribution in [0.1, 0.15) is 88.9 Å². The summed E-state index contributed by atoms with van der Waals surface area (Å²) in [7, 11) is 1.72. The molecule has 5 heteroatoms. The minimum absolute atomic E-state index is 0.0227. The van der Waals surface area contributed by atoms with E-state index in [0.29, 0.717) is 25.0 Å². The van der Waals surface area contributed by atoms with Crippen LogP contribution in [0.4, 0.5) is 5.69 Å². The summed E-state index contributed by atoms with van der Waals surface area (Å²) in [6.07, 6.45) is 11.5. The predicted octanol–water partition coefficient (Wildman–Crippen LogP) is 6.08. The van der Waals surface area contributed by atoms with E-state index in [1.54, 1.807) is 7.11 Å². The van der Waals surface area contributed by atoms with E-state index in [0.717, 1.165) is 55.9 Å². The van der Waals surface area contributed by atoms with Crippen LogP contribution in [0.15, 0.2) is 39.9 Å². The number of rotatable bonds is 13. The molecule has 0 aromatic heterocycles. The third kappa shape index (κ3) is 7.11. The van der Waals surface area contributed by atoms with E-state index >= 15 is 0 Å². The van der Waals surface area contributed by atoms with Gasteiger partial charge in [-0.3, -0.25) is 9.59 Å². The lowest BCUT2D eigenvalue weighted by atomic mass is 9.76. The SMILES string of the molecule is COCCCOC(c1ccccc1)C1CCCN(c2c(C[C@@H](CC3CCCCC3)C(C)C)c(=O)c2=O)C1. The summed E-state index contributed by atoms with van der Waals surface area (Å²) in [6, 6.07) is 10.4. The second-order valence-corrected chi connectivity index (χ2v) is 11.8. The maximum Gasteiger partial charge on any atom is 0.249 e. The van der Waals surface area contributed by atoms with Crippen LogP contribution < -0.4 is 15.8 Å². The maximum absolute atomic E-state index is 12.9. The minimum atomic E-state index is -0.270. The van der Waals surface area contributed by atoms with Crippen molar-refractivity contribution in [2.75, 3.05) is 38.3 Å². The zero-order chi connectivity index (χ0) is 26.2. The predicted molar refractivity (Wildman–Crippen MR) is 151 cm³/mol. The summed E-state index contributed by atoms with van der Waals surface area (Å²) in [5, 5.41) is 0. The molecule has 2 aromatic rings. The summed E-state index contributed by atoms with van der Waals surface area (Å²) in [6.45, 7) is 7.49. The molecule has 1 heterocycles. The summed E-state index contributed by atoms with van der Waals surface area (Å²) in [5.41, 5.74) is 2.20. The van der Waals surface area contributed by atoms with Crippen molar-refractivity contribution in [3.63, 3.8) is 0 Å². The number of benzene rings is 1. The lowest BCUT2D eigenvalue weighted by molar-refractivity contribution is -0.00238. The van der Waals surface area contributed by atoms with E-state index in [-0.39, 0.29) is 22.9 Å². The highest BCUT2D eigenvalue weighted by molar-refractivity contribution is 5.59. The fourth-order valence-electron chi connectivity index (χ4n) is 6.68. The fraction of sp³-hybridized carbons (Fsp3) is 0.688. The molecule has 3 atom stereocenters. The van der Waals surface area contributed by atoms with E-state index in [4.69, 9.17) is 9.47 Å².